The van der Waals surface area contributed by atoms with Crippen molar-refractivity contribution in [3.05, 3.63) is 100.0 Å². The zero-order valence-electron chi connectivity index (χ0n) is 19.1. The number of hydrogen-bond acceptors (Lipinski definition) is 6. The molecule has 4 rings (SSSR count). The highest BCUT2D eigenvalue weighted by Crippen LogP contribution is 2.33. The molecule has 34 heavy (non-hydrogen) atoms. The molecule has 1 amide bonds. The molecule has 172 valence electrons. The summed E-state index contributed by atoms with van der Waals surface area (Å²) in [4.78, 5) is 31.0. The number of benzene rings is 3. The van der Waals surface area contributed by atoms with Crippen molar-refractivity contribution in [2.75, 3.05) is 14.2 Å². The number of ether oxygens (including phenoxy) is 2. The van der Waals surface area contributed by atoms with E-state index in [0.717, 1.165) is 16.9 Å². The number of hydrogen-bond donors (Lipinski definition) is 0. The van der Waals surface area contributed by atoms with Gasteiger partial charge in [0.25, 0.3) is 5.91 Å². The third-order valence-electron chi connectivity index (χ3n) is 5.18. The molecule has 0 aliphatic carbocycles. The molecule has 0 atom stereocenters. The lowest BCUT2D eigenvalue weighted by atomic mass is 10.1. The quantitative estimate of drug-likeness (QED) is 0.345. The molecule has 0 aromatic heterocycles. The first kappa shape index (κ1) is 23.3. The SMILES string of the molecule is COC(=O)c1ccc(N=C2S/C(=C\c3ccc(OCc4cccc(C)c4)cc3)C(=O)N2C)cc1. The molecule has 1 aliphatic rings. The lowest BCUT2D eigenvalue weighted by molar-refractivity contribution is -0.121. The molecule has 6 nitrogen and oxygen atoms in total. The molecule has 1 heterocycles. The molecule has 3 aromatic rings. The molecule has 3 aromatic carbocycles. The fourth-order valence-electron chi connectivity index (χ4n) is 3.33. The molecule has 1 saturated heterocycles. The van der Waals surface area contributed by atoms with Crippen LogP contribution in [0.15, 0.2) is 82.7 Å². The van der Waals surface area contributed by atoms with E-state index in [1.807, 2.05) is 42.5 Å². The summed E-state index contributed by atoms with van der Waals surface area (Å²) in [6.45, 7) is 2.56. The van der Waals surface area contributed by atoms with Crippen LogP contribution in [0, 0.1) is 6.92 Å². The molecule has 0 N–H and O–H groups in total. The highest BCUT2D eigenvalue weighted by atomic mass is 32.2. The van der Waals surface area contributed by atoms with Crippen LogP contribution in [0.3, 0.4) is 0 Å². The van der Waals surface area contributed by atoms with Crippen molar-refractivity contribution in [1.82, 2.24) is 4.90 Å². The lowest BCUT2D eigenvalue weighted by Crippen LogP contribution is -2.23. The monoisotopic (exact) mass is 472 g/mol. The van der Waals surface area contributed by atoms with Gasteiger partial charge in [0.2, 0.25) is 0 Å². The zero-order valence-corrected chi connectivity index (χ0v) is 20.0. The van der Waals surface area contributed by atoms with Crippen molar-refractivity contribution < 1.29 is 19.1 Å². The second kappa shape index (κ2) is 10.4. The molecular weight excluding hydrogens is 448 g/mol. The lowest BCUT2D eigenvalue weighted by Gasteiger charge is -2.07. The van der Waals surface area contributed by atoms with Gasteiger partial charge < -0.3 is 9.47 Å². The van der Waals surface area contributed by atoms with Gasteiger partial charge in [0.1, 0.15) is 12.4 Å². The third-order valence-corrected chi connectivity index (χ3v) is 6.24. The minimum atomic E-state index is -0.404. The molecule has 7 heteroatoms. The number of methoxy groups -OCH3 is 1. The first-order chi connectivity index (χ1) is 16.4. The summed E-state index contributed by atoms with van der Waals surface area (Å²) >= 11 is 1.31. The van der Waals surface area contributed by atoms with E-state index in [1.54, 1.807) is 31.3 Å². The van der Waals surface area contributed by atoms with Gasteiger partial charge in [-0.05, 0) is 72.3 Å². The number of thioether (sulfide) groups is 1. The highest BCUT2D eigenvalue weighted by molar-refractivity contribution is 8.18. The summed E-state index contributed by atoms with van der Waals surface area (Å²) in [7, 11) is 3.03. The van der Waals surface area contributed by atoms with E-state index >= 15 is 0 Å². The Bertz CT molecular complexity index is 1260. The minimum Gasteiger partial charge on any atom is -0.489 e. The van der Waals surface area contributed by atoms with E-state index in [2.05, 4.69) is 24.0 Å². The number of aliphatic imine (C=N–C) groups is 1. The van der Waals surface area contributed by atoms with Crippen LogP contribution in [-0.4, -0.2) is 36.1 Å². The van der Waals surface area contributed by atoms with Crippen LogP contribution < -0.4 is 4.74 Å². The van der Waals surface area contributed by atoms with E-state index in [4.69, 9.17) is 9.47 Å². The molecule has 1 fully saturated rings. The van der Waals surface area contributed by atoms with E-state index < -0.39 is 5.97 Å². The van der Waals surface area contributed by atoms with Crippen LogP contribution in [-0.2, 0) is 16.1 Å². The largest absolute Gasteiger partial charge is 0.489 e. The average Bonchev–Trinajstić information content (AvgIpc) is 3.11. The Morgan fingerprint density at radius 3 is 2.47 bits per heavy atom. The van der Waals surface area contributed by atoms with E-state index in [0.29, 0.717) is 27.9 Å². The maximum absolute atomic E-state index is 12.7. The predicted molar refractivity (Wildman–Crippen MR) is 135 cm³/mol. The van der Waals surface area contributed by atoms with Crippen LogP contribution >= 0.6 is 11.8 Å². The standard InChI is InChI=1S/C27H24N2O4S/c1-18-5-4-6-20(15-18)17-33-23-13-7-19(8-14-23)16-24-25(30)29(2)27(34-24)28-22-11-9-21(10-12-22)26(31)32-3/h4-16H,17H2,1-3H3/b24-16-,28-27?. The highest BCUT2D eigenvalue weighted by Gasteiger charge is 2.30. The van der Waals surface area contributed by atoms with Gasteiger partial charge in [0.15, 0.2) is 5.17 Å². The number of aryl methyl sites for hydroxylation is 1. The van der Waals surface area contributed by atoms with E-state index in [9.17, 15) is 9.59 Å². The van der Waals surface area contributed by atoms with Crippen LogP contribution in [0.5, 0.6) is 5.75 Å². The van der Waals surface area contributed by atoms with Gasteiger partial charge in [-0.1, -0.05) is 42.0 Å². The van der Waals surface area contributed by atoms with Gasteiger partial charge in [-0.3, -0.25) is 9.69 Å². The summed E-state index contributed by atoms with van der Waals surface area (Å²) in [5.74, 6) is 0.247. The first-order valence-corrected chi connectivity index (χ1v) is 11.5. The number of rotatable bonds is 6. The Labute approximate surface area is 202 Å². The third kappa shape index (κ3) is 5.55. The number of amidine groups is 1. The van der Waals surface area contributed by atoms with Gasteiger partial charge in [-0.2, -0.15) is 0 Å². The predicted octanol–water partition coefficient (Wildman–Crippen LogP) is 5.59. The fraction of sp³-hybridized carbons (Fsp3) is 0.148. The van der Waals surface area contributed by atoms with Gasteiger partial charge in [0, 0.05) is 7.05 Å². The summed E-state index contributed by atoms with van der Waals surface area (Å²) in [6.07, 6.45) is 1.84. The first-order valence-electron chi connectivity index (χ1n) is 10.7. The number of amides is 1. The Kier molecular flexibility index (Phi) is 7.13. The molecule has 0 saturated carbocycles. The molecule has 1 aliphatic heterocycles. The van der Waals surface area contributed by atoms with Gasteiger partial charge >= 0.3 is 5.97 Å². The molecule has 0 bridgehead atoms. The van der Waals surface area contributed by atoms with Crippen molar-refractivity contribution in [2.45, 2.75) is 13.5 Å². The van der Waals surface area contributed by atoms with E-state index in [1.165, 1.54) is 29.3 Å². The Morgan fingerprint density at radius 1 is 1.06 bits per heavy atom. The van der Waals surface area contributed by atoms with Crippen molar-refractivity contribution in [1.29, 1.82) is 0 Å². The second-order valence-corrected chi connectivity index (χ2v) is 8.76. The summed E-state index contributed by atoms with van der Waals surface area (Å²) in [5.41, 5.74) is 4.31. The maximum Gasteiger partial charge on any atom is 0.337 e. The number of nitrogens with zero attached hydrogens (tertiary/aromatic N) is 2. The Morgan fingerprint density at radius 2 is 1.79 bits per heavy atom. The maximum atomic E-state index is 12.7. The van der Waals surface area contributed by atoms with Crippen LogP contribution in [0.4, 0.5) is 5.69 Å². The number of likely N-dealkylation sites (N-methyl/N-ethyl adjacent to an activating group) is 1. The normalized spacial score (nSPS) is 15.7. The zero-order chi connectivity index (χ0) is 24.1. The van der Waals surface area contributed by atoms with Crippen LogP contribution in [0.25, 0.3) is 6.08 Å². The van der Waals surface area contributed by atoms with Crippen molar-refractivity contribution in [2.24, 2.45) is 4.99 Å². The number of esters is 1. The number of carbonyl (C=O) groups is 2. The fourth-order valence-corrected chi connectivity index (χ4v) is 4.32. The summed E-state index contributed by atoms with van der Waals surface area (Å²) < 4.78 is 10.6. The van der Waals surface area contributed by atoms with Crippen molar-refractivity contribution in [3.63, 3.8) is 0 Å². The summed E-state index contributed by atoms with van der Waals surface area (Å²) in [5, 5.41) is 0.570. The van der Waals surface area contributed by atoms with Crippen molar-refractivity contribution in [3.8, 4) is 5.75 Å². The van der Waals surface area contributed by atoms with E-state index in [-0.39, 0.29) is 5.91 Å². The second-order valence-electron chi connectivity index (χ2n) is 7.75. The molecule has 0 spiro atoms. The smallest absolute Gasteiger partial charge is 0.337 e. The van der Waals surface area contributed by atoms with Gasteiger partial charge in [-0.15, -0.1) is 0 Å². The number of carbonyl (C=O) groups excluding carboxylic acids is 2. The molecule has 0 unspecified atom stereocenters. The summed E-state index contributed by atoms with van der Waals surface area (Å²) in [6, 6.07) is 22.6. The average molecular weight is 473 g/mol. The van der Waals surface area contributed by atoms with Gasteiger partial charge in [0.05, 0.1) is 23.3 Å². The Hall–Kier alpha value is -3.84. The Balaban J connectivity index is 1.43. The minimum absolute atomic E-state index is 0.116. The van der Waals surface area contributed by atoms with Crippen LogP contribution in [0.1, 0.15) is 27.0 Å². The van der Waals surface area contributed by atoms with Gasteiger partial charge in [-0.25, -0.2) is 9.79 Å². The molecular formula is C27H24N2O4S. The van der Waals surface area contributed by atoms with Crippen LogP contribution in [0.2, 0.25) is 0 Å². The van der Waals surface area contributed by atoms with Crippen molar-refractivity contribution >= 4 is 40.6 Å². The molecule has 0 radical (unpaired) electrons. The topological polar surface area (TPSA) is 68.2 Å².